The van der Waals surface area contributed by atoms with Crippen LogP contribution in [0.15, 0.2) is 0 Å². The number of alkyl halides is 3. The van der Waals surface area contributed by atoms with Crippen molar-refractivity contribution in [3.8, 4) is 0 Å². The van der Waals surface area contributed by atoms with E-state index in [0.29, 0.717) is 0 Å². The van der Waals surface area contributed by atoms with E-state index >= 15 is 0 Å². The van der Waals surface area contributed by atoms with E-state index in [0.717, 1.165) is 0 Å². The fourth-order valence-corrected chi connectivity index (χ4v) is 0.200. The zero-order valence-electron chi connectivity index (χ0n) is 3.16. The highest BCUT2D eigenvalue weighted by atomic mass is 32.1. The third-order valence-corrected chi connectivity index (χ3v) is 0.668. The molecule has 5 heteroatoms. The summed E-state index contributed by atoms with van der Waals surface area (Å²) >= 11 is -0.466. The van der Waals surface area contributed by atoms with Crippen LogP contribution in [0.4, 0.5) is 13.2 Å². The molecule has 0 spiro atoms. The maximum atomic E-state index is 10.8. The van der Waals surface area contributed by atoms with E-state index in [1.165, 1.54) is 0 Å². The second-order valence-corrected chi connectivity index (χ2v) is 1.40. The third-order valence-electron chi connectivity index (χ3n) is 0.223. The van der Waals surface area contributed by atoms with Crippen molar-refractivity contribution in [2.75, 3.05) is 5.75 Å². The van der Waals surface area contributed by atoms with E-state index in [2.05, 4.69) is 0 Å². The van der Waals surface area contributed by atoms with Gasteiger partial charge >= 0.3 is 23.6 Å². The first-order valence-corrected chi connectivity index (χ1v) is 2.29. The molecule has 0 unspecified atom stereocenters. The molecule has 0 aromatic rings. The Hall–Kier alpha value is -0.190. The molecule has 0 N–H and O–H groups in total. The molecule has 0 aliphatic carbocycles. The molecule has 0 saturated carbocycles. The van der Waals surface area contributed by atoms with Crippen molar-refractivity contribution in [3.63, 3.8) is 0 Å². The summed E-state index contributed by atoms with van der Waals surface area (Å²) in [6.45, 7) is 0. The largest absolute Gasteiger partial charge is 0.468 e. The first kappa shape index (κ1) is 6.81. The molecular formula is C2H2F3OS+. The second-order valence-electron chi connectivity index (χ2n) is 0.877. The quantitative estimate of drug-likeness (QED) is 0.485. The Morgan fingerprint density at radius 1 is 1.43 bits per heavy atom. The van der Waals surface area contributed by atoms with Crippen LogP contribution in [0.3, 0.4) is 0 Å². The third kappa shape index (κ3) is 5.81. The van der Waals surface area contributed by atoms with Gasteiger partial charge in [-0.2, -0.15) is 13.2 Å². The Morgan fingerprint density at radius 3 is 1.86 bits per heavy atom. The van der Waals surface area contributed by atoms with Gasteiger partial charge in [0.15, 0.2) is 0 Å². The van der Waals surface area contributed by atoms with Crippen LogP contribution < -0.4 is 0 Å². The average molecular weight is 131 g/mol. The molecule has 0 aromatic carbocycles. The van der Waals surface area contributed by atoms with E-state index in [1.54, 1.807) is 0 Å². The number of halogens is 3. The Balaban J connectivity index is 3.34. The van der Waals surface area contributed by atoms with E-state index in [-0.39, 0.29) is 0 Å². The molecule has 0 saturated heterocycles. The van der Waals surface area contributed by atoms with Crippen molar-refractivity contribution in [2.45, 2.75) is 6.18 Å². The van der Waals surface area contributed by atoms with Crippen LogP contribution in [0.1, 0.15) is 0 Å². The summed E-state index contributed by atoms with van der Waals surface area (Å²) in [5, 5.41) is 0. The molecule has 0 rings (SSSR count). The fraction of sp³-hybridized carbons (Fsp3) is 1.00. The van der Waals surface area contributed by atoms with Crippen LogP contribution in [0.5, 0.6) is 0 Å². The minimum absolute atomic E-state index is 0.466. The van der Waals surface area contributed by atoms with Gasteiger partial charge in [0.2, 0.25) is 0 Å². The summed E-state index contributed by atoms with van der Waals surface area (Å²) in [5.74, 6) is -1.30. The topological polar surface area (TPSA) is 17.1 Å². The molecule has 0 aliphatic heterocycles. The Kier molecular flexibility index (Phi) is 2.14. The molecule has 0 atom stereocenters. The Bertz CT molecular complexity index is 67.8. The standard InChI is InChI=1S/C2H2F3OS/c3-2(4,5)1-7-6/h1H2/q+1. The van der Waals surface area contributed by atoms with E-state index in [1.807, 2.05) is 0 Å². The van der Waals surface area contributed by atoms with Gasteiger partial charge in [0.25, 0.3) is 0 Å². The highest BCUT2D eigenvalue weighted by molar-refractivity contribution is 7.65. The first-order chi connectivity index (χ1) is 3.06. The van der Waals surface area contributed by atoms with Crippen molar-refractivity contribution in [1.29, 1.82) is 0 Å². The molecule has 42 valence electrons. The maximum Gasteiger partial charge on any atom is 0.468 e. The molecule has 0 bridgehead atoms. The Morgan fingerprint density at radius 2 is 1.86 bits per heavy atom. The Labute approximate surface area is 42.0 Å². The molecule has 0 radical (unpaired) electrons. The van der Waals surface area contributed by atoms with E-state index in [9.17, 15) is 13.2 Å². The van der Waals surface area contributed by atoms with Gasteiger partial charge in [0.1, 0.15) is 0 Å². The fourth-order valence-electron chi connectivity index (χ4n) is 0.0668. The van der Waals surface area contributed by atoms with Gasteiger partial charge in [-0.05, 0) is 0 Å². The van der Waals surface area contributed by atoms with Crippen molar-refractivity contribution in [3.05, 3.63) is 0 Å². The minimum Gasteiger partial charge on any atom is -0.165 e. The van der Waals surface area contributed by atoms with Crippen LogP contribution in [0.25, 0.3) is 0 Å². The molecule has 1 nitrogen and oxygen atoms in total. The zero-order valence-corrected chi connectivity index (χ0v) is 3.97. The van der Waals surface area contributed by atoms with Crippen LogP contribution in [0.2, 0.25) is 0 Å². The molecule has 0 heterocycles. The van der Waals surface area contributed by atoms with Gasteiger partial charge in [-0.3, -0.25) is 0 Å². The lowest BCUT2D eigenvalue weighted by atomic mass is 10.8. The van der Waals surface area contributed by atoms with Crippen LogP contribution in [-0.2, 0) is 15.9 Å². The molecule has 7 heavy (non-hydrogen) atoms. The van der Waals surface area contributed by atoms with E-state index in [4.69, 9.17) is 4.21 Å². The molecule has 0 aromatic heterocycles. The zero-order chi connectivity index (χ0) is 5.91. The van der Waals surface area contributed by atoms with Crippen molar-refractivity contribution >= 4 is 11.7 Å². The van der Waals surface area contributed by atoms with Crippen molar-refractivity contribution in [1.82, 2.24) is 0 Å². The highest BCUT2D eigenvalue weighted by Gasteiger charge is 2.35. The minimum atomic E-state index is -4.30. The van der Waals surface area contributed by atoms with Crippen molar-refractivity contribution in [2.24, 2.45) is 0 Å². The monoisotopic (exact) mass is 131 g/mol. The number of hydrogen-bond donors (Lipinski definition) is 0. The van der Waals surface area contributed by atoms with Crippen LogP contribution >= 0.6 is 0 Å². The summed E-state index contributed by atoms with van der Waals surface area (Å²) in [5.41, 5.74) is 0. The summed E-state index contributed by atoms with van der Waals surface area (Å²) in [4.78, 5) is 0. The predicted octanol–water partition coefficient (Wildman–Crippen LogP) is 0.977. The maximum absolute atomic E-state index is 10.8. The van der Waals surface area contributed by atoms with Gasteiger partial charge in [0, 0.05) is 4.21 Å². The highest BCUT2D eigenvalue weighted by Crippen LogP contribution is 2.12. The predicted molar refractivity (Wildman–Crippen MR) is 19.0 cm³/mol. The second kappa shape index (κ2) is 2.20. The summed E-state index contributed by atoms with van der Waals surface area (Å²) < 4.78 is 41.6. The lowest BCUT2D eigenvalue weighted by molar-refractivity contribution is -0.105. The smallest absolute Gasteiger partial charge is 0.165 e. The van der Waals surface area contributed by atoms with Gasteiger partial charge in [-0.1, -0.05) is 0 Å². The van der Waals surface area contributed by atoms with Crippen LogP contribution in [0, 0.1) is 0 Å². The average Bonchev–Trinajstić information content (AvgIpc) is 1.30. The van der Waals surface area contributed by atoms with E-state index < -0.39 is 23.6 Å². The van der Waals surface area contributed by atoms with Gasteiger partial charge in [-0.25, -0.2) is 0 Å². The summed E-state index contributed by atoms with van der Waals surface area (Å²) in [6, 6.07) is 0. The lowest BCUT2D eigenvalue weighted by Crippen LogP contribution is -2.11. The number of hydrogen-bond acceptors (Lipinski definition) is 1. The van der Waals surface area contributed by atoms with Crippen molar-refractivity contribution < 1.29 is 17.4 Å². The van der Waals surface area contributed by atoms with Gasteiger partial charge in [-0.15, -0.1) is 0 Å². The number of rotatable bonds is 1. The normalized spacial score (nSPS) is 11.3. The summed E-state index contributed by atoms with van der Waals surface area (Å²) in [6.07, 6.45) is -4.30. The SMILES string of the molecule is O=[S+]CC(F)(F)F. The van der Waals surface area contributed by atoms with Crippen LogP contribution in [-0.4, -0.2) is 11.9 Å². The molecule has 0 fully saturated rings. The molecular weight excluding hydrogens is 129 g/mol. The summed E-state index contributed by atoms with van der Waals surface area (Å²) in [7, 11) is 0. The first-order valence-electron chi connectivity index (χ1n) is 1.38. The van der Waals surface area contributed by atoms with Gasteiger partial charge in [0.05, 0.1) is 0 Å². The van der Waals surface area contributed by atoms with Gasteiger partial charge < -0.3 is 0 Å². The lowest BCUT2D eigenvalue weighted by Gasteiger charge is -1.88. The molecule has 0 aliphatic rings. The molecule has 0 amide bonds.